The Kier molecular flexibility index (Phi) is 4.12. The molecule has 25 heavy (non-hydrogen) atoms. The predicted molar refractivity (Wildman–Crippen MR) is 92.2 cm³/mol. The lowest BCUT2D eigenvalue weighted by atomic mass is 9.85. The lowest BCUT2D eigenvalue weighted by Gasteiger charge is -2.23. The van der Waals surface area contributed by atoms with Gasteiger partial charge in [-0.05, 0) is 56.1 Å². The molecule has 1 aromatic carbocycles. The molecule has 0 bridgehead atoms. The Morgan fingerprint density at radius 2 is 2.00 bits per heavy atom. The van der Waals surface area contributed by atoms with E-state index < -0.39 is 0 Å². The van der Waals surface area contributed by atoms with Gasteiger partial charge >= 0.3 is 0 Å². The van der Waals surface area contributed by atoms with Crippen LogP contribution < -0.4 is 0 Å². The van der Waals surface area contributed by atoms with Gasteiger partial charge in [0.15, 0.2) is 0 Å². The second kappa shape index (κ2) is 6.30. The molecule has 1 atom stereocenters. The molecule has 0 saturated carbocycles. The van der Waals surface area contributed by atoms with E-state index in [-0.39, 0.29) is 17.1 Å². The van der Waals surface area contributed by atoms with Crippen molar-refractivity contribution >= 4 is 5.91 Å². The largest absolute Gasteiger partial charge is 0.465 e. The van der Waals surface area contributed by atoms with Crippen molar-refractivity contribution in [3.63, 3.8) is 0 Å². The van der Waals surface area contributed by atoms with E-state index in [2.05, 4.69) is 4.90 Å². The maximum absolute atomic E-state index is 13.4. The molecule has 4 nitrogen and oxygen atoms in total. The SMILES string of the molecule is Cc1ccc(CN2CC[C@]3(CCN(Cc4cccc(F)c4)C3=O)C2)o1. The Hall–Kier alpha value is -2.14. The summed E-state index contributed by atoms with van der Waals surface area (Å²) in [6.07, 6.45) is 1.78. The molecule has 2 saturated heterocycles. The van der Waals surface area contributed by atoms with E-state index in [1.807, 2.05) is 30.0 Å². The summed E-state index contributed by atoms with van der Waals surface area (Å²) in [6.45, 7) is 5.65. The summed E-state index contributed by atoms with van der Waals surface area (Å²) in [4.78, 5) is 17.2. The maximum atomic E-state index is 13.4. The van der Waals surface area contributed by atoms with Crippen LogP contribution in [-0.4, -0.2) is 35.3 Å². The third kappa shape index (κ3) is 3.21. The van der Waals surface area contributed by atoms with Crippen molar-refractivity contribution in [2.45, 2.75) is 32.9 Å². The third-order valence-electron chi connectivity index (χ3n) is 5.47. The number of amides is 1. The Morgan fingerprint density at radius 1 is 1.16 bits per heavy atom. The van der Waals surface area contributed by atoms with Gasteiger partial charge in [0.25, 0.3) is 0 Å². The summed E-state index contributed by atoms with van der Waals surface area (Å²) < 4.78 is 19.0. The first-order valence-corrected chi connectivity index (χ1v) is 8.86. The van der Waals surface area contributed by atoms with Crippen molar-refractivity contribution < 1.29 is 13.6 Å². The second-order valence-electron chi connectivity index (χ2n) is 7.36. The number of hydrogen-bond donors (Lipinski definition) is 0. The summed E-state index contributed by atoms with van der Waals surface area (Å²) >= 11 is 0. The second-order valence-corrected chi connectivity index (χ2v) is 7.36. The van der Waals surface area contributed by atoms with E-state index in [9.17, 15) is 9.18 Å². The molecular formula is C20H23FN2O2. The Morgan fingerprint density at radius 3 is 2.76 bits per heavy atom. The highest BCUT2D eigenvalue weighted by molar-refractivity contribution is 5.85. The van der Waals surface area contributed by atoms with Gasteiger partial charge in [-0.25, -0.2) is 4.39 Å². The molecule has 2 aliphatic rings. The van der Waals surface area contributed by atoms with Crippen LogP contribution in [0.15, 0.2) is 40.8 Å². The zero-order valence-electron chi connectivity index (χ0n) is 14.5. The molecule has 0 radical (unpaired) electrons. The number of carbonyl (C=O) groups is 1. The van der Waals surface area contributed by atoms with E-state index in [0.717, 1.165) is 56.1 Å². The van der Waals surface area contributed by atoms with Crippen LogP contribution in [-0.2, 0) is 17.9 Å². The normalized spacial score (nSPS) is 23.9. The first-order chi connectivity index (χ1) is 12.0. The number of hydrogen-bond acceptors (Lipinski definition) is 3. The molecular weight excluding hydrogens is 319 g/mol. The van der Waals surface area contributed by atoms with Crippen molar-refractivity contribution in [3.8, 4) is 0 Å². The average molecular weight is 342 g/mol. The van der Waals surface area contributed by atoms with Crippen molar-refractivity contribution in [2.75, 3.05) is 19.6 Å². The molecule has 2 aromatic rings. The molecule has 1 spiro atoms. The van der Waals surface area contributed by atoms with Gasteiger partial charge in [0.2, 0.25) is 5.91 Å². The number of rotatable bonds is 4. The fraction of sp³-hybridized carbons (Fsp3) is 0.450. The van der Waals surface area contributed by atoms with Crippen LogP contribution in [0.1, 0.15) is 29.9 Å². The Bertz CT molecular complexity index is 788. The lowest BCUT2D eigenvalue weighted by Crippen LogP contribution is -2.36. The van der Waals surface area contributed by atoms with Crippen LogP contribution in [0.3, 0.4) is 0 Å². The predicted octanol–water partition coefficient (Wildman–Crippen LogP) is 3.35. The van der Waals surface area contributed by atoms with Crippen molar-refractivity contribution in [3.05, 3.63) is 59.3 Å². The van der Waals surface area contributed by atoms with Crippen LogP contribution in [0.4, 0.5) is 4.39 Å². The quantitative estimate of drug-likeness (QED) is 0.855. The van der Waals surface area contributed by atoms with Crippen LogP contribution in [0.25, 0.3) is 0 Å². The monoisotopic (exact) mass is 342 g/mol. The molecule has 5 heteroatoms. The van der Waals surface area contributed by atoms with Gasteiger partial charge < -0.3 is 9.32 Å². The van der Waals surface area contributed by atoms with Gasteiger partial charge in [0, 0.05) is 19.6 Å². The van der Waals surface area contributed by atoms with E-state index in [1.165, 1.54) is 12.1 Å². The first-order valence-electron chi connectivity index (χ1n) is 8.86. The van der Waals surface area contributed by atoms with Crippen molar-refractivity contribution in [1.82, 2.24) is 9.80 Å². The standard InChI is InChI=1S/C20H23FN2O2/c1-15-5-6-18(25-15)13-22-9-7-20(14-22)8-10-23(19(20)24)12-16-3-2-4-17(21)11-16/h2-6,11H,7-10,12-14H2,1H3/t20-/m0/s1. The van der Waals surface area contributed by atoms with Gasteiger partial charge in [-0.2, -0.15) is 0 Å². The third-order valence-corrected chi connectivity index (χ3v) is 5.47. The number of likely N-dealkylation sites (tertiary alicyclic amines) is 2. The van der Waals surface area contributed by atoms with E-state index in [1.54, 1.807) is 6.07 Å². The van der Waals surface area contributed by atoms with E-state index in [4.69, 9.17) is 4.42 Å². The van der Waals surface area contributed by atoms with E-state index >= 15 is 0 Å². The van der Waals surface area contributed by atoms with Crippen LogP contribution in [0.5, 0.6) is 0 Å². The summed E-state index contributed by atoms with van der Waals surface area (Å²) in [5.74, 6) is 1.84. The Balaban J connectivity index is 1.41. The minimum Gasteiger partial charge on any atom is -0.465 e. The highest BCUT2D eigenvalue weighted by atomic mass is 19.1. The molecule has 4 rings (SSSR count). The average Bonchev–Trinajstić information content (AvgIpc) is 3.25. The van der Waals surface area contributed by atoms with Gasteiger partial charge in [-0.15, -0.1) is 0 Å². The zero-order chi connectivity index (χ0) is 17.4. The summed E-state index contributed by atoms with van der Waals surface area (Å²) in [7, 11) is 0. The summed E-state index contributed by atoms with van der Waals surface area (Å²) in [5.41, 5.74) is 0.584. The molecule has 0 aliphatic carbocycles. The minimum absolute atomic E-state index is 0.217. The van der Waals surface area contributed by atoms with Gasteiger partial charge in [-0.3, -0.25) is 9.69 Å². The molecule has 3 heterocycles. The zero-order valence-corrected chi connectivity index (χ0v) is 14.5. The fourth-order valence-corrected chi connectivity index (χ4v) is 4.16. The van der Waals surface area contributed by atoms with Crippen LogP contribution in [0.2, 0.25) is 0 Å². The summed E-state index contributed by atoms with van der Waals surface area (Å²) in [6, 6.07) is 10.5. The fourth-order valence-electron chi connectivity index (χ4n) is 4.16. The van der Waals surface area contributed by atoms with Gasteiger partial charge in [-0.1, -0.05) is 12.1 Å². The molecule has 1 amide bonds. The molecule has 2 aliphatic heterocycles. The number of furan rings is 1. The van der Waals surface area contributed by atoms with Crippen LogP contribution in [0, 0.1) is 18.2 Å². The molecule has 2 fully saturated rings. The highest BCUT2D eigenvalue weighted by Gasteiger charge is 2.50. The number of halogens is 1. The molecule has 0 unspecified atom stereocenters. The molecule has 1 aromatic heterocycles. The molecule has 132 valence electrons. The van der Waals surface area contributed by atoms with Gasteiger partial charge in [0.1, 0.15) is 17.3 Å². The number of carbonyl (C=O) groups excluding carboxylic acids is 1. The van der Waals surface area contributed by atoms with E-state index in [0.29, 0.717) is 6.54 Å². The topological polar surface area (TPSA) is 36.7 Å². The number of nitrogens with zero attached hydrogens (tertiary/aromatic N) is 2. The smallest absolute Gasteiger partial charge is 0.230 e. The van der Waals surface area contributed by atoms with Crippen molar-refractivity contribution in [2.24, 2.45) is 5.41 Å². The number of benzene rings is 1. The van der Waals surface area contributed by atoms with Crippen molar-refractivity contribution in [1.29, 1.82) is 0 Å². The minimum atomic E-state index is -0.269. The maximum Gasteiger partial charge on any atom is 0.230 e. The number of aryl methyl sites for hydroxylation is 1. The van der Waals surface area contributed by atoms with Gasteiger partial charge in [0.05, 0.1) is 12.0 Å². The first kappa shape index (κ1) is 16.3. The lowest BCUT2D eigenvalue weighted by molar-refractivity contribution is -0.136. The molecule has 0 N–H and O–H groups in total. The highest BCUT2D eigenvalue weighted by Crippen LogP contribution is 2.41. The Labute approximate surface area is 147 Å². The van der Waals surface area contributed by atoms with Crippen LogP contribution >= 0.6 is 0 Å². The summed E-state index contributed by atoms with van der Waals surface area (Å²) in [5, 5.41) is 0.